The second-order valence-corrected chi connectivity index (χ2v) is 3.54. The molecule has 0 heterocycles. The van der Waals surface area contributed by atoms with Gasteiger partial charge < -0.3 is 16.0 Å². The lowest BCUT2D eigenvalue weighted by Crippen LogP contribution is -2.39. The molecule has 0 saturated heterocycles. The number of benzene rings is 1. The smallest absolute Gasteiger partial charge is 0.319 e. The fraction of sp³-hybridized carbons (Fsp3) is 0.364. The van der Waals surface area contributed by atoms with Crippen LogP contribution in [-0.2, 0) is 0 Å². The molecule has 0 aliphatic carbocycles. The second-order valence-electron chi connectivity index (χ2n) is 3.54. The average Bonchev–Trinajstić information content (AvgIpc) is 2.26. The molecule has 1 aromatic rings. The molecular weight excluding hydrogens is 209 g/mol. The van der Waals surface area contributed by atoms with Gasteiger partial charge in [-0.05, 0) is 32.2 Å². The molecule has 3 N–H and O–H groups in total. The summed E-state index contributed by atoms with van der Waals surface area (Å²) in [5.74, 6) is -0.374. The van der Waals surface area contributed by atoms with Gasteiger partial charge in [-0.1, -0.05) is 6.07 Å². The maximum absolute atomic E-state index is 12.8. The van der Waals surface area contributed by atoms with Crippen molar-refractivity contribution in [2.24, 2.45) is 0 Å². The molecule has 0 aliphatic heterocycles. The number of halogens is 1. The minimum atomic E-state index is -0.374. The summed E-state index contributed by atoms with van der Waals surface area (Å²) in [7, 11) is 1.82. The first-order chi connectivity index (χ1) is 7.61. The van der Waals surface area contributed by atoms with E-state index in [0.717, 1.165) is 0 Å². The topological polar surface area (TPSA) is 53.2 Å². The molecular formula is C11H16FN3O. The number of carbonyl (C=O) groups excluding carboxylic acids is 1. The van der Waals surface area contributed by atoms with E-state index in [4.69, 9.17) is 0 Å². The molecule has 0 saturated carbocycles. The number of likely N-dealkylation sites (N-methyl/N-ethyl adjacent to an activating group) is 1. The van der Waals surface area contributed by atoms with Gasteiger partial charge in [0, 0.05) is 18.3 Å². The van der Waals surface area contributed by atoms with E-state index < -0.39 is 0 Å². The Balaban J connectivity index is 2.40. The highest BCUT2D eigenvalue weighted by molar-refractivity contribution is 5.89. The molecule has 16 heavy (non-hydrogen) atoms. The summed E-state index contributed by atoms with van der Waals surface area (Å²) in [6, 6.07) is 5.62. The van der Waals surface area contributed by atoms with Crippen molar-refractivity contribution in [3.05, 3.63) is 30.1 Å². The van der Waals surface area contributed by atoms with Gasteiger partial charge in [0.25, 0.3) is 0 Å². The van der Waals surface area contributed by atoms with E-state index in [2.05, 4.69) is 16.0 Å². The molecule has 1 atom stereocenters. The lowest BCUT2D eigenvalue weighted by atomic mass is 10.3. The van der Waals surface area contributed by atoms with Crippen LogP contribution in [0.15, 0.2) is 24.3 Å². The van der Waals surface area contributed by atoms with Crippen LogP contribution >= 0.6 is 0 Å². The Morgan fingerprint density at radius 1 is 1.50 bits per heavy atom. The zero-order valence-electron chi connectivity index (χ0n) is 9.38. The number of amides is 2. The molecule has 88 valence electrons. The Bertz CT molecular complexity index is 357. The summed E-state index contributed by atoms with van der Waals surface area (Å²) in [5, 5.41) is 8.20. The van der Waals surface area contributed by atoms with Crippen molar-refractivity contribution in [1.29, 1.82) is 0 Å². The highest BCUT2D eigenvalue weighted by atomic mass is 19.1. The number of nitrogens with one attached hydrogen (secondary N) is 3. The molecule has 0 fully saturated rings. The Kier molecular flexibility index (Phi) is 4.72. The molecule has 1 aromatic carbocycles. The van der Waals surface area contributed by atoms with Crippen molar-refractivity contribution in [2.45, 2.75) is 13.0 Å². The van der Waals surface area contributed by atoms with Gasteiger partial charge in [0.2, 0.25) is 0 Å². The maximum atomic E-state index is 12.8. The molecule has 0 bridgehead atoms. The van der Waals surface area contributed by atoms with Crippen LogP contribution in [0.25, 0.3) is 0 Å². The first-order valence-electron chi connectivity index (χ1n) is 5.09. The zero-order chi connectivity index (χ0) is 12.0. The summed E-state index contributed by atoms with van der Waals surface area (Å²) < 4.78 is 12.8. The van der Waals surface area contributed by atoms with Crippen LogP contribution in [-0.4, -0.2) is 25.7 Å². The van der Waals surface area contributed by atoms with Gasteiger partial charge in [-0.25, -0.2) is 9.18 Å². The maximum Gasteiger partial charge on any atom is 0.319 e. The molecule has 5 heteroatoms. The quantitative estimate of drug-likeness (QED) is 0.728. The summed E-state index contributed by atoms with van der Waals surface area (Å²) in [6.07, 6.45) is 0. The first kappa shape index (κ1) is 12.4. The second kappa shape index (κ2) is 6.07. The summed E-state index contributed by atoms with van der Waals surface area (Å²) in [5.41, 5.74) is 0.439. The Hall–Kier alpha value is -1.62. The van der Waals surface area contributed by atoms with Crippen LogP contribution in [0.3, 0.4) is 0 Å². The highest BCUT2D eigenvalue weighted by Gasteiger charge is 2.03. The lowest BCUT2D eigenvalue weighted by Gasteiger charge is -2.12. The fourth-order valence-electron chi connectivity index (χ4n) is 1.09. The van der Waals surface area contributed by atoms with Crippen molar-refractivity contribution in [2.75, 3.05) is 18.9 Å². The SMILES string of the molecule is CNC(C)CNC(=O)Nc1cccc(F)c1. The predicted molar refractivity (Wildman–Crippen MR) is 61.9 cm³/mol. The fourth-order valence-corrected chi connectivity index (χ4v) is 1.09. The van der Waals surface area contributed by atoms with E-state index in [9.17, 15) is 9.18 Å². The zero-order valence-corrected chi connectivity index (χ0v) is 9.38. The van der Waals surface area contributed by atoms with Crippen LogP contribution in [0.4, 0.5) is 14.9 Å². The van der Waals surface area contributed by atoms with Gasteiger partial charge in [0.15, 0.2) is 0 Å². The van der Waals surface area contributed by atoms with Crippen molar-refractivity contribution in [3.63, 3.8) is 0 Å². The van der Waals surface area contributed by atoms with Gasteiger partial charge in [0.05, 0.1) is 0 Å². The largest absolute Gasteiger partial charge is 0.336 e. The highest BCUT2D eigenvalue weighted by Crippen LogP contribution is 2.08. The van der Waals surface area contributed by atoms with Gasteiger partial charge in [0.1, 0.15) is 5.82 Å². The van der Waals surface area contributed by atoms with Crippen molar-refractivity contribution in [3.8, 4) is 0 Å². The van der Waals surface area contributed by atoms with Crippen LogP contribution < -0.4 is 16.0 Å². The van der Waals surface area contributed by atoms with Gasteiger partial charge in [-0.3, -0.25) is 0 Å². The van der Waals surface area contributed by atoms with Crippen molar-refractivity contribution in [1.82, 2.24) is 10.6 Å². The van der Waals surface area contributed by atoms with Crippen molar-refractivity contribution < 1.29 is 9.18 Å². The number of urea groups is 1. The monoisotopic (exact) mass is 225 g/mol. The van der Waals surface area contributed by atoms with Gasteiger partial charge >= 0.3 is 6.03 Å². The standard InChI is InChI=1S/C11H16FN3O/c1-8(13-2)7-14-11(16)15-10-5-3-4-9(12)6-10/h3-6,8,13H,7H2,1-2H3,(H2,14,15,16). The normalized spacial score (nSPS) is 11.9. The molecule has 0 spiro atoms. The summed E-state index contributed by atoms with van der Waals surface area (Å²) in [4.78, 5) is 11.4. The molecule has 0 aromatic heterocycles. The number of hydrogen-bond acceptors (Lipinski definition) is 2. The molecule has 0 radical (unpaired) electrons. The number of anilines is 1. The van der Waals surface area contributed by atoms with E-state index in [1.54, 1.807) is 12.1 Å². The third-order valence-electron chi connectivity index (χ3n) is 2.14. The first-order valence-corrected chi connectivity index (χ1v) is 5.09. The number of carbonyl (C=O) groups is 1. The Morgan fingerprint density at radius 3 is 2.88 bits per heavy atom. The third-order valence-corrected chi connectivity index (χ3v) is 2.14. The number of rotatable bonds is 4. The summed E-state index contributed by atoms with van der Waals surface area (Å²) >= 11 is 0. The Morgan fingerprint density at radius 2 is 2.25 bits per heavy atom. The third kappa shape index (κ3) is 4.27. The van der Waals surface area contributed by atoms with E-state index in [1.807, 2.05) is 14.0 Å². The molecule has 4 nitrogen and oxygen atoms in total. The van der Waals surface area contributed by atoms with E-state index in [-0.39, 0.29) is 17.9 Å². The molecule has 0 aliphatic rings. The minimum Gasteiger partial charge on any atom is -0.336 e. The van der Waals surface area contributed by atoms with Gasteiger partial charge in [-0.15, -0.1) is 0 Å². The molecule has 1 rings (SSSR count). The van der Waals surface area contributed by atoms with Crippen LogP contribution in [0, 0.1) is 5.82 Å². The number of hydrogen-bond donors (Lipinski definition) is 3. The van der Waals surface area contributed by atoms with E-state index >= 15 is 0 Å². The lowest BCUT2D eigenvalue weighted by molar-refractivity contribution is 0.251. The molecule has 1 unspecified atom stereocenters. The van der Waals surface area contributed by atoms with Crippen LogP contribution in [0.5, 0.6) is 0 Å². The average molecular weight is 225 g/mol. The van der Waals surface area contributed by atoms with E-state index in [1.165, 1.54) is 12.1 Å². The summed E-state index contributed by atoms with van der Waals surface area (Å²) in [6.45, 7) is 2.46. The van der Waals surface area contributed by atoms with E-state index in [0.29, 0.717) is 12.2 Å². The van der Waals surface area contributed by atoms with Crippen LogP contribution in [0.2, 0.25) is 0 Å². The van der Waals surface area contributed by atoms with Gasteiger partial charge in [-0.2, -0.15) is 0 Å². The van der Waals surface area contributed by atoms with Crippen molar-refractivity contribution >= 4 is 11.7 Å². The van der Waals surface area contributed by atoms with Crippen LogP contribution in [0.1, 0.15) is 6.92 Å². The minimum absolute atomic E-state index is 0.193. The Labute approximate surface area is 94.2 Å². The predicted octanol–water partition coefficient (Wildman–Crippen LogP) is 1.56. The molecule has 2 amide bonds.